The summed E-state index contributed by atoms with van der Waals surface area (Å²) in [5, 5.41) is 27.1. The maximum atomic E-state index is 10.1. The van der Waals surface area contributed by atoms with Gasteiger partial charge in [-0.1, -0.05) is 30.3 Å². The lowest BCUT2D eigenvalue weighted by Gasteiger charge is -2.22. The molecule has 7 nitrogen and oxygen atoms in total. The van der Waals surface area contributed by atoms with Crippen LogP contribution in [0.1, 0.15) is 23.4 Å². The summed E-state index contributed by atoms with van der Waals surface area (Å²) < 4.78 is 16.8. The number of hydrogen-bond donors (Lipinski definition) is 2. The molecule has 0 saturated carbocycles. The molecule has 1 unspecified atom stereocenters. The smallest absolute Gasteiger partial charge is 0.249 e. The summed E-state index contributed by atoms with van der Waals surface area (Å²) >= 11 is 0. The van der Waals surface area contributed by atoms with Crippen LogP contribution in [0.15, 0.2) is 34.7 Å². The predicted octanol–water partition coefficient (Wildman–Crippen LogP) is 0.605. The minimum Gasteiger partial charge on any atom is -0.422 e. The Morgan fingerprint density at radius 3 is 2.68 bits per heavy atom. The van der Waals surface area contributed by atoms with Crippen LogP contribution in [0.2, 0.25) is 0 Å². The molecule has 1 aromatic heterocycles. The summed E-state index contributed by atoms with van der Waals surface area (Å²) in [6.45, 7) is 1.65. The zero-order valence-corrected chi connectivity index (χ0v) is 12.1. The van der Waals surface area contributed by atoms with Crippen molar-refractivity contribution in [3.05, 3.63) is 47.7 Å². The second-order valence-electron chi connectivity index (χ2n) is 5.17. The molecule has 0 radical (unpaired) electrons. The zero-order chi connectivity index (χ0) is 15.5. The fourth-order valence-electron chi connectivity index (χ4n) is 2.44. The van der Waals surface area contributed by atoms with Crippen LogP contribution in [0.3, 0.4) is 0 Å². The largest absolute Gasteiger partial charge is 0.422 e. The van der Waals surface area contributed by atoms with Crippen LogP contribution in [0, 0.1) is 6.92 Å². The third kappa shape index (κ3) is 3.02. The van der Waals surface area contributed by atoms with Gasteiger partial charge in [-0.2, -0.15) is 0 Å². The van der Waals surface area contributed by atoms with E-state index in [1.807, 2.05) is 30.3 Å². The minimum atomic E-state index is -0.903. The third-order valence-electron chi connectivity index (χ3n) is 3.60. The van der Waals surface area contributed by atoms with Gasteiger partial charge in [-0.25, -0.2) is 0 Å². The molecule has 1 aliphatic rings. The summed E-state index contributed by atoms with van der Waals surface area (Å²) in [7, 11) is 0. The van der Waals surface area contributed by atoms with Gasteiger partial charge >= 0.3 is 0 Å². The highest BCUT2D eigenvalue weighted by Crippen LogP contribution is 2.29. The molecule has 1 saturated heterocycles. The van der Waals surface area contributed by atoms with Crippen molar-refractivity contribution < 1.29 is 24.1 Å². The summed E-state index contributed by atoms with van der Waals surface area (Å²) in [5.41, 5.74) is 0.839. The molecule has 1 fully saturated rings. The van der Waals surface area contributed by atoms with Gasteiger partial charge in [-0.15, -0.1) is 10.2 Å². The number of aliphatic hydroxyl groups excluding tert-OH is 2. The summed E-state index contributed by atoms with van der Waals surface area (Å²) in [5.74, 6) is 0.763. The fraction of sp³-hybridized carbons (Fsp3) is 0.467. The van der Waals surface area contributed by atoms with Crippen LogP contribution in [0.5, 0.6) is 0 Å². The van der Waals surface area contributed by atoms with Crippen molar-refractivity contribution in [2.45, 2.75) is 31.3 Å². The number of aryl methyl sites for hydroxylation is 1. The molecule has 4 atom stereocenters. The number of hydrogen-bond acceptors (Lipinski definition) is 7. The molecule has 22 heavy (non-hydrogen) atoms. The lowest BCUT2D eigenvalue weighted by atomic mass is 10.1. The lowest BCUT2D eigenvalue weighted by Crippen LogP contribution is -2.35. The van der Waals surface area contributed by atoms with Gasteiger partial charge in [0.2, 0.25) is 11.8 Å². The molecule has 2 N–H and O–H groups in total. The third-order valence-corrected chi connectivity index (χ3v) is 3.60. The van der Waals surface area contributed by atoms with Crippen molar-refractivity contribution in [3.63, 3.8) is 0 Å². The van der Waals surface area contributed by atoms with E-state index in [0.29, 0.717) is 11.8 Å². The number of nitrogens with zero attached hydrogens (tertiary/aromatic N) is 2. The predicted molar refractivity (Wildman–Crippen MR) is 75.0 cm³/mol. The number of rotatable bonds is 5. The van der Waals surface area contributed by atoms with E-state index in [1.165, 1.54) is 0 Å². The Morgan fingerprint density at radius 1 is 1.32 bits per heavy atom. The van der Waals surface area contributed by atoms with Gasteiger partial charge in [0.1, 0.15) is 18.3 Å². The lowest BCUT2D eigenvalue weighted by molar-refractivity contribution is -0.0579. The molecule has 0 spiro atoms. The van der Waals surface area contributed by atoms with Crippen molar-refractivity contribution in [2.75, 3.05) is 13.2 Å². The molecule has 118 valence electrons. The van der Waals surface area contributed by atoms with Crippen molar-refractivity contribution in [1.82, 2.24) is 10.2 Å². The van der Waals surface area contributed by atoms with E-state index in [0.717, 1.165) is 5.56 Å². The van der Waals surface area contributed by atoms with Crippen LogP contribution < -0.4 is 0 Å². The monoisotopic (exact) mass is 306 g/mol. The highest BCUT2D eigenvalue weighted by atomic mass is 16.6. The summed E-state index contributed by atoms with van der Waals surface area (Å²) in [6.07, 6.45) is -2.70. The Labute approximate surface area is 127 Å². The first-order valence-corrected chi connectivity index (χ1v) is 7.10. The van der Waals surface area contributed by atoms with E-state index in [2.05, 4.69) is 10.2 Å². The molecule has 3 rings (SSSR count). The Morgan fingerprint density at radius 2 is 2.09 bits per heavy atom. The number of aliphatic hydroxyl groups is 2. The molecule has 0 amide bonds. The maximum Gasteiger partial charge on any atom is 0.249 e. The molecule has 0 aliphatic carbocycles. The highest BCUT2D eigenvalue weighted by molar-refractivity contribution is 5.22. The number of aromatic nitrogens is 2. The topological polar surface area (TPSA) is 97.8 Å². The van der Waals surface area contributed by atoms with Gasteiger partial charge in [-0.3, -0.25) is 0 Å². The Balaban J connectivity index is 1.84. The van der Waals surface area contributed by atoms with Crippen molar-refractivity contribution in [2.24, 2.45) is 0 Å². The fourth-order valence-corrected chi connectivity index (χ4v) is 2.44. The summed E-state index contributed by atoms with van der Waals surface area (Å²) in [6, 6.07) is 9.43. The van der Waals surface area contributed by atoms with Crippen molar-refractivity contribution >= 4 is 0 Å². The van der Waals surface area contributed by atoms with Crippen LogP contribution in [-0.2, 0) is 9.47 Å². The number of benzene rings is 1. The Bertz CT molecular complexity index is 603. The second-order valence-corrected chi connectivity index (χ2v) is 5.17. The average molecular weight is 306 g/mol. The molecule has 1 aliphatic heterocycles. The van der Waals surface area contributed by atoms with E-state index < -0.39 is 24.4 Å². The van der Waals surface area contributed by atoms with Gasteiger partial charge in [0.15, 0.2) is 6.10 Å². The van der Waals surface area contributed by atoms with E-state index in [9.17, 15) is 5.11 Å². The molecule has 1 aromatic carbocycles. The van der Waals surface area contributed by atoms with E-state index >= 15 is 0 Å². The van der Waals surface area contributed by atoms with Gasteiger partial charge in [-0.05, 0) is 5.56 Å². The molecular weight excluding hydrogens is 288 g/mol. The minimum absolute atomic E-state index is 0.197. The van der Waals surface area contributed by atoms with E-state index in [-0.39, 0.29) is 13.2 Å². The first-order valence-electron chi connectivity index (χ1n) is 7.10. The first-order chi connectivity index (χ1) is 10.7. The van der Waals surface area contributed by atoms with Crippen LogP contribution in [-0.4, -0.2) is 51.9 Å². The van der Waals surface area contributed by atoms with Gasteiger partial charge in [0.25, 0.3) is 0 Å². The van der Waals surface area contributed by atoms with Gasteiger partial charge < -0.3 is 24.1 Å². The first kappa shape index (κ1) is 15.1. The normalized spacial score (nSPS) is 26.2. The van der Waals surface area contributed by atoms with Crippen LogP contribution in [0.4, 0.5) is 0 Å². The quantitative estimate of drug-likeness (QED) is 0.835. The van der Waals surface area contributed by atoms with Gasteiger partial charge in [0, 0.05) is 6.92 Å². The number of ether oxygens (including phenoxy) is 2. The summed E-state index contributed by atoms with van der Waals surface area (Å²) in [4.78, 5) is 0. The van der Waals surface area contributed by atoms with Crippen molar-refractivity contribution in [1.29, 1.82) is 0 Å². The SMILES string of the molecule is Cc1nnc(C(O[C@H]2CO[C@H](CO)[C@H]2O)c2ccccc2)o1. The van der Waals surface area contributed by atoms with Crippen LogP contribution in [0.25, 0.3) is 0 Å². The van der Waals surface area contributed by atoms with E-state index in [4.69, 9.17) is 19.0 Å². The highest BCUT2D eigenvalue weighted by Gasteiger charge is 2.39. The zero-order valence-electron chi connectivity index (χ0n) is 12.1. The molecule has 2 heterocycles. The van der Waals surface area contributed by atoms with Crippen molar-refractivity contribution in [3.8, 4) is 0 Å². The molecule has 2 aromatic rings. The van der Waals surface area contributed by atoms with E-state index in [1.54, 1.807) is 6.92 Å². The standard InChI is InChI=1S/C15H18N2O5/c1-9-16-17-15(21-9)14(10-5-3-2-4-6-10)22-12-8-20-11(7-18)13(12)19/h2-6,11-14,18-19H,7-8H2,1H3/t11-,12+,13-,14?/m1/s1. The Hall–Kier alpha value is -1.80. The maximum absolute atomic E-state index is 10.1. The molecule has 0 bridgehead atoms. The molecule has 7 heteroatoms. The molecular formula is C15H18N2O5. The van der Waals surface area contributed by atoms with Gasteiger partial charge in [0.05, 0.1) is 13.2 Å². The van der Waals surface area contributed by atoms with Crippen LogP contribution >= 0.6 is 0 Å². The average Bonchev–Trinajstić information content (AvgIpc) is 3.12. The second kappa shape index (κ2) is 6.53. The Kier molecular flexibility index (Phi) is 4.49.